The number of carbonyl (C=O) groups is 1. The second kappa shape index (κ2) is 2.59. The smallest absolute Gasteiger partial charge is 0.164 e. The molecule has 0 heterocycles. The number of phenolic OH excluding ortho intramolecular Hbond substituents is 1. The molecule has 0 bridgehead atoms. The van der Waals surface area contributed by atoms with E-state index >= 15 is 0 Å². The number of rotatable bonds is 0. The highest BCUT2D eigenvalue weighted by atomic mass is 16.3. The van der Waals surface area contributed by atoms with Gasteiger partial charge in [-0.05, 0) is 24.5 Å². The number of benzene rings is 1. The Bertz CT molecular complexity index is 380. The monoisotopic (exact) mass is 176 g/mol. The minimum atomic E-state index is 0.163. The molecule has 2 heteroatoms. The second-order valence-electron chi connectivity index (χ2n) is 3.70. The summed E-state index contributed by atoms with van der Waals surface area (Å²) in [5, 5.41) is 9.44. The van der Waals surface area contributed by atoms with Crippen LogP contribution in [0.5, 0.6) is 5.75 Å². The standard InChI is InChI=1S/C11H12O2/c1-6-5-10(13)11-7(2)9(12)4-3-8(6)11/h3-4,6,12H,5H2,1-2H3. The molecule has 0 amide bonds. The largest absolute Gasteiger partial charge is 0.508 e. The zero-order valence-corrected chi connectivity index (χ0v) is 7.79. The molecule has 1 aliphatic rings. The van der Waals surface area contributed by atoms with E-state index < -0.39 is 0 Å². The van der Waals surface area contributed by atoms with Gasteiger partial charge in [0.05, 0.1) is 0 Å². The predicted molar refractivity (Wildman–Crippen MR) is 50.2 cm³/mol. The van der Waals surface area contributed by atoms with Crippen LogP contribution in [-0.2, 0) is 0 Å². The van der Waals surface area contributed by atoms with Gasteiger partial charge >= 0.3 is 0 Å². The fraction of sp³-hybridized carbons (Fsp3) is 0.364. The Balaban J connectivity index is 2.71. The summed E-state index contributed by atoms with van der Waals surface area (Å²) in [6, 6.07) is 3.52. The van der Waals surface area contributed by atoms with Gasteiger partial charge in [-0.25, -0.2) is 0 Å². The molecule has 1 aromatic rings. The third-order valence-corrected chi connectivity index (χ3v) is 2.77. The summed E-state index contributed by atoms with van der Waals surface area (Å²) in [5.74, 6) is 0.693. The van der Waals surface area contributed by atoms with Crippen LogP contribution in [0.4, 0.5) is 0 Å². The van der Waals surface area contributed by atoms with Crippen molar-refractivity contribution in [3.8, 4) is 5.75 Å². The number of phenols is 1. The van der Waals surface area contributed by atoms with Crippen LogP contribution in [-0.4, -0.2) is 10.9 Å². The van der Waals surface area contributed by atoms with Gasteiger partial charge in [-0.2, -0.15) is 0 Å². The molecule has 0 radical (unpaired) electrons. The van der Waals surface area contributed by atoms with Gasteiger partial charge in [0, 0.05) is 17.5 Å². The number of hydrogen-bond donors (Lipinski definition) is 1. The molecule has 2 rings (SSSR count). The van der Waals surface area contributed by atoms with Gasteiger partial charge < -0.3 is 5.11 Å². The molecule has 0 saturated carbocycles. The molecule has 0 spiro atoms. The van der Waals surface area contributed by atoms with E-state index in [-0.39, 0.29) is 11.5 Å². The SMILES string of the molecule is Cc1c(O)ccc2c1C(=O)CC2C. The van der Waals surface area contributed by atoms with E-state index in [2.05, 4.69) is 0 Å². The van der Waals surface area contributed by atoms with Crippen molar-refractivity contribution in [1.29, 1.82) is 0 Å². The summed E-state index contributed by atoms with van der Waals surface area (Å²) in [4.78, 5) is 11.5. The first kappa shape index (κ1) is 8.30. The lowest BCUT2D eigenvalue weighted by atomic mass is 10.00. The molecule has 0 aromatic heterocycles. The molecule has 1 atom stereocenters. The van der Waals surface area contributed by atoms with E-state index in [0.717, 1.165) is 16.7 Å². The Hall–Kier alpha value is -1.31. The fourth-order valence-electron chi connectivity index (χ4n) is 1.99. The van der Waals surface area contributed by atoms with E-state index in [1.54, 1.807) is 13.0 Å². The maximum Gasteiger partial charge on any atom is 0.164 e. The first-order valence-corrected chi connectivity index (χ1v) is 4.47. The van der Waals surface area contributed by atoms with Crippen LogP contribution in [0, 0.1) is 6.92 Å². The van der Waals surface area contributed by atoms with Crippen LogP contribution in [0.3, 0.4) is 0 Å². The van der Waals surface area contributed by atoms with Crippen molar-refractivity contribution in [2.75, 3.05) is 0 Å². The first-order chi connectivity index (χ1) is 6.11. The Morgan fingerprint density at radius 1 is 1.46 bits per heavy atom. The fourth-order valence-corrected chi connectivity index (χ4v) is 1.99. The summed E-state index contributed by atoms with van der Waals surface area (Å²) < 4.78 is 0. The highest BCUT2D eigenvalue weighted by Gasteiger charge is 2.28. The Morgan fingerprint density at radius 2 is 2.15 bits per heavy atom. The molecule has 0 saturated heterocycles. The molecule has 13 heavy (non-hydrogen) atoms. The van der Waals surface area contributed by atoms with Crippen LogP contribution in [0.15, 0.2) is 12.1 Å². The van der Waals surface area contributed by atoms with Crippen LogP contribution >= 0.6 is 0 Å². The van der Waals surface area contributed by atoms with Crippen LogP contribution in [0.25, 0.3) is 0 Å². The minimum Gasteiger partial charge on any atom is -0.508 e. The van der Waals surface area contributed by atoms with E-state index in [1.807, 2.05) is 13.0 Å². The van der Waals surface area contributed by atoms with Crippen LogP contribution in [0.2, 0.25) is 0 Å². The number of hydrogen-bond acceptors (Lipinski definition) is 2. The zero-order valence-electron chi connectivity index (χ0n) is 7.79. The Morgan fingerprint density at radius 3 is 2.85 bits per heavy atom. The van der Waals surface area contributed by atoms with Crippen LogP contribution < -0.4 is 0 Å². The topological polar surface area (TPSA) is 37.3 Å². The average molecular weight is 176 g/mol. The van der Waals surface area contributed by atoms with Gasteiger partial charge in [0.25, 0.3) is 0 Å². The van der Waals surface area contributed by atoms with Crippen molar-refractivity contribution in [2.45, 2.75) is 26.2 Å². The molecule has 1 unspecified atom stereocenters. The number of carbonyl (C=O) groups excluding carboxylic acids is 1. The molecule has 2 nitrogen and oxygen atoms in total. The lowest BCUT2D eigenvalue weighted by Crippen LogP contribution is -1.95. The summed E-state index contributed by atoms with van der Waals surface area (Å²) >= 11 is 0. The first-order valence-electron chi connectivity index (χ1n) is 4.47. The van der Waals surface area contributed by atoms with E-state index in [4.69, 9.17) is 0 Å². The van der Waals surface area contributed by atoms with Gasteiger partial charge in [0.15, 0.2) is 5.78 Å². The van der Waals surface area contributed by atoms with Crippen molar-refractivity contribution >= 4 is 5.78 Å². The van der Waals surface area contributed by atoms with Crippen molar-refractivity contribution in [1.82, 2.24) is 0 Å². The normalized spacial score (nSPS) is 20.5. The average Bonchev–Trinajstić information content (AvgIpc) is 2.35. The molecule has 0 fully saturated rings. The third kappa shape index (κ3) is 1.05. The molecular formula is C11H12O2. The second-order valence-corrected chi connectivity index (χ2v) is 3.70. The highest BCUT2D eigenvalue weighted by molar-refractivity contribution is 6.03. The molecule has 1 aromatic carbocycles. The highest BCUT2D eigenvalue weighted by Crippen LogP contribution is 2.37. The van der Waals surface area contributed by atoms with E-state index in [1.165, 1.54) is 0 Å². The minimum absolute atomic E-state index is 0.163. The van der Waals surface area contributed by atoms with Gasteiger partial charge in [-0.1, -0.05) is 13.0 Å². The van der Waals surface area contributed by atoms with E-state index in [0.29, 0.717) is 12.3 Å². The zero-order chi connectivity index (χ0) is 9.59. The quantitative estimate of drug-likeness (QED) is 0.659. The summed E-state index contributed by atoms with van der Waals surface area (Å²) in [6.45, 7) is 3.84. The van der Waals surface area contributed by atoms with Gasteiger partial charge in [-0.3, -0.25) is 4.79 Å². The maximum absolute atomic E-state index is 11.5. The third-order valence-electron chi connectivity index (χ3n) is 2.77. The number of fused-ring (bicyclic) bond motifs is 1. The van der Waals surface area contributed by atoms with Crippen molar-refractivity contribution in [3.05, 3.63) is 28.8 Å². The van der Waals surface area contributed by atoms with Gasteiger partial charge in [0.1, 0.15) is 5.75 Å². The number of ketones is 1. The van der Waals surface area contributed by atoms with E-state index in [9.17, 15) is 9.90 Å². The number of Topliss-reactive ketones (excluding diaryl/α,β-unsaturated/α-hetero) is 1. The molecule has 1 N–H and O–H groups in total. The van der Waals surface area contributed by atoms with Crippen molar-refractivity contribution < 1.29 is 9.90 Å². The van der Waals surface area contributed by atoms with Gasteiger partial charge in [-0.15, -0.1) is 0 Å². The molecular weight excluding hydrogens is 164 g/mol. The predicted octanol–water partition coefficient (Wildman–Crippen LogP) is 2.39. The Labute approximate surface area is 77.2 Å². The number of aromatic hydroxyl groups is 1. The molecule has 68 valence electrons. The lowest BCUT2D eigenvalue weighted by Gasteiger charge is -2.06. The summed E-state index contributed by atoms with van der Waals surface area (Å²) in [6.07, 6.45) is 0.583. The van der Waals surface area contributed by atoms with Gasteiger partial charge in [0.2, 0.25) is 0 Å². The molecule has 1 aliphatic carbocycles. The van der Waals surface area contributed by atoms with Crippen molar-refractivity contribution in [2.24, 2.45) is 0 Å². The van der Waals surface area contributed by atoms with Crippen molar-refractivity contribution in [3.63, 3.8) is 0 Å². The summed E-state index contributed by atoms with van der Waals surface area (Å²) in [5.41, 5.74) is 2.56. The summed E-state index contributed by atoms with van der Waals surface area (Å²) in [7, 11) is 0. The maximum atomic E-state index is 11.5. The molecule has 0 aliphatic heterocycles. The van der Waals surface area contributed by atoms with Crippen LogP contribution in [0.1, 0.15) is 40.7 Å². The lowest BCUT2D eigenvalue weighted by molar-refractivity contribution is 0.0989. The Kier molecular flexibility index (Phi) is 1.65.